The van der Waals surface area contributed by atoms with E-state index in [4.69, 9.17) is 14.2 Å². The minimum absolute atomic E-state index is 0.233. The molecule has 0 spiro atoms. The van der Waals surface area contributed by atoms with Gasteiger partial charge in [0, 0.05) is 6.08 Å². The summed E-state index contributed by atoms with van der Waals surface area (Å²) >= 11 is 0. The molecule has 5 nitrogen and oxygen atoms in total. The van der Waals surface area contributed by atoms with Crippen LogP contribution in [0.4, 0.5) is 4.39 Å². The molecule has 0 aliphatic rings. The smallest absolute Gasteiger partial charge is 0.244 e. The Kier molecular flexibility index (Phi) is 8.16. The Bertz CT molecular complexity index is 759. The molecule has 0 atom stereocenters. The van der Waals surface area contributed by atoms with Crippen LogP contribution in [0.25, 0.3) is 6.08 Å². The van der Waals surface area contributed by atoms with E-state index in [2.05, 4.69) is 5.32 Å². The molecule has 0 aliphatic carbocycles. The van der Waals surface area contributed by atoms with Crippen molar-refractivity contribution < 1.29 is 23.4 Å². The van der Waals surface area contributed by atoms with Gasteiger partial charge in [-0.05, 0) is 54.5 Å². The number of hydrogen-bond acceptors (Lipinski definition) is 4. The summed E-state index contributed by atoms with van der Waals surface area (Å²) in [6, 6.07) is 11.2. The maximum Gasteiger partial charge on any atom is 0.244 e. The Hall–Kier alpha value is -3.02. The van der Waals surface area contributed by atoms with Crippen molar-refractivity contribution in [2.75, 3.05) is 26.9 Å². The molecular weight excluding hydrogens is 349 g/mol. The summed E-state index contributed by atoms with van der Waals surface area (Å²) < 4.78 is 29.1. The first-order chi connectivity index (χ1) is 13.1. The number of carbonyl (C=O) groups excluding carboxylic acids is 1. The number of rotatable bonds is 10. The van der Waals surface area contributed by atoms with Crippen molar-refractivity contribution in [3.8, 4) is 17.2 Å². The summed E-state index contributed by atoms with van der Waals surface area (Å²) in [6.45, 7) is 3.29. The summed E-state index contributed by atoms with van der Waals surface area (Å²) in [6.07, 6.45) is 4.05. The average Bonchev–Trinajstić information content (AvgIpc) is 2.69. The number of amides is 1. The van der Waals surface area contributed by atoms with E-state index in [1.165, 1.54) is 18.2 Å². The number of ether oxygens (including phenoxy) is 3. The van der Waals surface area contributed by atoms with E-state index in [1.54, 1.807) is 25.3 Å². The molecular formula is C21H24FNO4. The number of benzene rings is 2. The molecule has 1 N–H and O–H groups in total. The molecule has 0 heterocycles. The fourth-order valence-electron chi connectivity index (χ4n) is 2.22. The maximum atomic E-state index is 12.8. The second kappa shape index (κ2) is 10.9. The van der Waals surface area contributed by atoms with Gasteiger partial charge in [-0.25, -0.2) is 4.39 Å². The van der Waals surface area contributed by atoms with Gasteiger partial charge in [0.2, 0.25) is 5.91 Å². The number of nitrogens with one attached hydrogen (secondary N) is 1. The van der Waals surface area contributed by atoms with Gasteiger partial charge in [-0.15, -0.1) is 0 Å². The molecule has 0 fully saturated rings. The summed E-state index contributed by atoms with van der Waals surface area (Å²) in [4.78, 5) is 11.9. The van der Waals surface area contributed by atoms with Crippen molar-refractivity contribution in [2.24, 2.45) is 0 Å². The van der Waals surface area contributed by atoms with Gasteiger partial charge >= 0.3 is 0 Å². The average molecular weight is 373 g/mol. The second-order valence-electron chi connectivity index (χ2n) is 5.69. The zero-order valence-corrected chi connectivity index (χ0v) is 15.5. The van der Waals surface area contributed by atoms with Crippen LogP contribution in [0.15, 0.2) is 48.5 Å². The quantitative estimate of drug-likeness (QED) is 0.508. The highest BCUT2D eigenvalue weighted by Crippen LogP contribution is 2.28. The molecule has 0 saturated heterocycles. The van der Waals surface area contributed by atoms with Crippen LogP contribution in [-0.2, 0) is 4.79 Å². The van der Waals surface area contributed by atoms with Crippen LogP contribution in [0.3, 0.4) is 0 Å². The van der Waals surface area contributed by atoms with Gasteiger partial charge in [0.1, 0.15) is 18.2 Å². The molecule has 0 aliphatic heterocycles. The molecule has 2 rings (SSSR count). The summed E-state index contributed by atoms with van der Waals surface area (Å²) in [7, 11) is 1.58. The number of methoxy groups -OCH3 is 1. The lowest BCUT2D eigenvalue weighted by Gasteiger charge is -2.10. The monoisotopic (exact) mass is 373 g/mol. The van der Waals surface area contributed by atoms with E-state index in [9.17, 15) is 9.18 Å². The molecule has 1 amide bonds. The van der Waals surface area contributed by atoms with Crippen LogP contribution in [-0.4, -0.2) is 32.8 Å². The van der Waals surface area contributed by atoms with Crippen molar-refractivity contribution in [1.29, 1.82) is 0 Å². The van der Waals surface area contributed by atoms with Crippen LogP contribution >= 0.6 is 0 Å². The fourth-order valence-corrected chi connectivity index (χ4v) is 2.22. The van der Waals surface area contributed by atoms with Gasteiger partial charge in [0.05, 0.1) is 20.3 Å². The van der Waals surface area contributed by atoms with Gasteiger partial charge in [-0.2, -0.15) is 0 Å². The lowest BCUT2D eigenvalue weighted by atomic mass is 10.2. The second-order valence-corrected chi connectivity index (χ2v) is 5.69. The van der Waals surface area contributed by atoms with Crippen molar-refractivity contribution in [3.63, 3.8) is 0 Å². The van der Waals surface area contributed by atoms with Crippen molar-refractivity contribution in [1.82, 2.24) is 5.32 Å². The Morgan fingerprint density at radius 1 is 1.07 bits per heavy atom. The minimum atomic E-state index is -0.317. The first-order valence-electron chi connectivity index (χ1n) is 8.77. The Balaban J connectivity index is 1.79. The molecule has 0 saturated carbocycles. The Morgan fingerprint density at radius 3 is 2.56 bits per heavy atom. The molecule has 2 aromatic carbocycles. The van der Waals surface area contributed by atoms with Crippen LogP contribution in [0, 0.1) is 5.82 Å². The lowest BCUT2D eigenvalue weighted by Crippen LogP contribution is -2.26. The third-order valence-electron chi connectivity index (χ3n) is 3.56. The molecule has 144 valence electrons. The number of hydrogen-bond donors (Lipinski definition) is 1. The lowest BCUT2D eigenvalue weighted by molar-refractivity contribution is -0.116. The summed E-state index contributed by atoms with van der Waals surface area (Å²) in [5.74, 6) is 1.31. The zero-order valence-electron chi connectivity index (χ0n) is 15.5. The minimum Gasteiger partial charge on any atom is -0.493 e. The zero-order chi connectivity index (χ0) is 19.5. The highest BCUT2D eigenvalue weighted by Gasteiger charge is 2.04. The molecule has 6 heteroatoms. The SMILES string of the molecule is CCCOc1ccc(/C=C/C(=O)NCCOc2ccc(F)cc2)cc1OC. The van der Waals surface area contributed by atoms with Gasteiger partial charge in [-0.3, -0.25) is 4.79 Å². The Labute approximate surface area is 158 Å². The summed E-state index contributed by atoms with van der Waals surface area (Å²) in [5.41, 5.74) is 0.827. The molecule has 0 bridgehead atoms. The fraction of sp³-hybridized carbons (Fsp3) is 0.286. The van der Waals surface area contributed by atoms with E-state index in [0.717, 1.165) is 12.0 Å². The van der Waals surface area contributed by atoms with E-state index < -0.39 is 0 Å². The highest BCUT2D eigenvalue weighted by molar-refractivity contribution is 5.91. The molecule has 0 unspecified atom stereocenters. The topological polar surface area (TPSA) is 56.8 Å². The van der Waals surface area contributed by atoms with Crippen molar-refractivity contribution in [2.45, 2.75) is 13.3 Å². The number of carbonyl (C=O) groups is 1. The maximum absolute atomic E-state index is 12.8. The normalized spacial score (nSPS) is 10.6. The highest BCUT2D eigenvalue weighted by atomic mass is 19.1. The van der Waals surface area contributed by atoms with Crippen LogP contribution in [0.5, 0.6) is 17.2 Å². The Morgan fingerprint density at radius 2 is 1.85 bits per heavy atom. The van der Waals surface area contributed by atoms with E-state index in [1.807, 2.05) is 25.1 Å². The van der Waals surface area contributed by atoms with Crippen molar-refractivity contribution in [3.05, 3.63) is 59.9 Å². The summed E-state index contributed by atoms with van der Waals surface area (Å²) in [5, 5.41) is 2.72. The predicted molar refractivity (Wildman–Crippen MR) is 103 cm³/mol. The first-order valence-corrected chi connectivity index (χ1v) is 8.77. The van der Waals surface area contributed by atoms with Gasteiger partial charge in [-0.1, -0.05) is 13.0 Å². The first kappa shape index (κ1) is 20.3. The van der Waals surface area contributed by atoms with Gasteiger partial charge in [0.15, 0.2) is 11.5 Å². The van der Waals surface area contributed by atoms with Crippen molar-refractivity contribution >= 4 is 12.0 Å². The standard InChI is InChI=1S/C21H24FNO4/c1-3-13-27-19-10-4-16(15-20(19)25-2)5-11-21(24)23-12-14-26-18-8-6-17(22)7-9-18/h4-11,15H,3,12-14H2,1-2H3,(H,23,24)/b11-5+. The van der Waals surface area contributed by atoms with Crippen LogP contribution in [0.2, 0.25) is 0 Å². The van der Waals surface area contributed by atoms with E-state index in [0.29, 0.717) is 37.0 Å². The van der Waals surface area contributed by atoms with Crippen LogP contribution < -0.4 is 19.5 Å². The number of halogens is 1. The van der Waals surface area contributed by atoms with Gasteiger partial charge < -0.3 is 19.5 Å². The predicted octanol–water partition coefficient (Wildman–Crippen LogP) is 3.83. The van der Waals surface area contributed by atoms with E-state index >= 15 is 0 Å². The molecule has 2 aromatic rings. The molecule has 27 heavy (non-hydrogen) atoms. The van der Waals surface area contributed by atoms with Crippen LogP contribution in [0.1, 0.15) is 18.9 Å². The molecule has 0 radical (unpaired) electrons. The third kappa shape index (κ3) is 7.01. The third-order valence-corrected chi connectivity index (χ3v) is 3.56. The largest absolute Gasteiger partial charge is 0.493 e. The van der Waals surface area contributed by atoms with Gasteiger partial charge in [0.25, 0.3) is 0 Å². The van der Waals surface area contributed by atoms with E-state index in [-0.39, 0.29) is 11.7 Å². The molecule has 0 aromatic heterocycles.